The summed E-state index contributed by atoms with van der Waals surface area (Å²) in [5.41, 5.74) is 29.5. The number of nitro benzene ring substituents is 3. The molecule has 0 spiro atoms. The molecule has 0 saturated heterocycles. The average Bonchev–Trinajstić information content (AvgIpc) is 1.63. The molecular formula is C76H74Br2ClN17Na2O13S2. The number of aromatic nitrogens is 9. The van der Waals surface area contributed by atoms with Crippen molar-refractivity contribution in [2.24, 2.45) is 4.99 Å². The molecule has 6 N–H and O–H groups in total. The first-order chi connectivity index (χ1) is 53.9. The van der Waals surface area contributed by atoms with Crippen LogP contribution < -0.4 is 22.1 Å². The van der Waals surface area contributed by atoms with Crippen LogP contribution in [0.3, 0.4) is 0 Å². The van der Waals surface area contributed by atoms with Gasteiger partial charge < -0.3 is 49.4 Å². The quantitative estimate of drug-likeness (QED) is 0.0258. The van der Waals surface area contributed by atoms with Crippen molar-refractivity contribution in [1.82, 2.24) is 44.1 Å². The fraction of sp³-hybridized carbons (Fsp3) is 0.197. The molecule has 1 aliphatic rings. The normalized spacial score (nSPS) is 10.9. The number of benzene rings is 8. The summed E-state index contributed by atoms with van der Waals surface area (Å²) in [4.78, 5) is 50.1. The number of nitrogens with two attached hydrogens (primary N) is 2. The number of nitrogens with one attached hydrogen (secondary N) is 2. The summed E-state index contributed by atoms with van der Waals surface area (Å²) in [6.07, 6.45) is 0.704. The Bertz CT molecular complexity index is 5950. The summed E-state index contributed by atoms with van der Waals surface area (Å²) in [5, 5.41) is 51.7. The van der Waals surface area contributed by atoms with Gasteiger partial charge in [0.1, 0.15) is 57.1 Å². The van der Waals surface area contributed by atoms with E-state index >= 15 is 0 Å². The molecule has 0 atom stereocenters. The third-order valence-corrected chi connectivity index (χ3v) is 19.0. The van der Waals surface area contributed by atoms with Crippen LogP contribution >= 0.6 is 43.5 Å². The summed E-state index contributed by atoms with van der Waals surface area (Å²) in [6, 6.07) is 54.2. The Morgan fingerprint density at radius 3 is 1.19 bits per heavy atom. The monoisotopic (exact) mass is 1740 g/mol. The molecule has 15 rings (SSSR count). The second kappa shape index (κ2) is 41.5. The first kappa shape index (κ1) is 88.3. The molecule has 0 aliphatic carbocycles. The van der Waals surface area contributed by atoms with Gasteiger partial charge in [-0.25, -0.2) is 15.0 Å². The number of alkyl halides is 1. The Morgan fingerprint density at radius 2 is 0.832 bits per heavy atom. The van der Waals surface area contributed by atoms with E-state index in [4.69, 9.17) is 53.5 Å². The van der Waals surface area contributed by atoms with E-state index in [1.165, 1.54) is 72.9 Å². The van der Waals surface area contributed by atoms with Crippen LogP contribution in [0.2, 0.25) is 0 Å². The number of nitro groups is 3. The first-order valence-electron chi connectivity index (χ1n) is 34.6. The predicted molar refractivity (Wildman–Crippen MR) is 447 cm³/mol. The maximum absolute atomic E-state index is 11.7. The Kier molecular flexibility index (Phi) is 32.4. The van der Waals surface area contributed by atoms with Crippen LogP contribution in [0.25, 0.3) is 33.1 Å². The number of nitrogen functional groups attached to an aromatic ring is 2. The fourth-order valence-electron chi connectivity index (χ4n) is 11.5. The zero-order valence-electron chi connectivity index (χ0n) is 63.4. The van der Waals surface area contributed by atoms with Crippen molar-refractivity contribution in [3.63, 3.8) is 0 Å². The van der Waals surface area contributed by atoms with Gasteiger partial charge in [-0.1, -0.05) is 169 Å². The molecule has 0 fully saturated rings. The van der Waals surface area contributed by atoms with E-state index in [9.17, 15) is 30.3 Å². The minimum atomic E-state index is -2.95. The van der Waals surface area contributed by atoms with Crippen LogP contribution in [0.5, 0.6) is 0 Å². The number of aliphatic imine (C=N–C) groups is 1. The van der Waals surface area contributed by atoms with Crippen molar-refractivity contribution in [1.29, 1.82) is 0 Å². The second-order valence-corrected chi connectivity index (χ2v) is 29.5. The topological polar surface area (TPSA) is 418 Å². The van der Waals surface area contributed by atoms with Crippen LogP contribution in [0.4, 0.5) is 56.9 Å². The Morgan fingerprint density at radius 1 is 0.478 bits per heavy atom. The number of hydrogen-bond acceptors (Lipinski definition) is 24. The molecule has 113 heavy (non-hydrogen) atoms. The third-order valence-electron chi connectivity index (χ3n) is 16.9. The molecule has 30 nitrogen and oxygen atoms in total. The van der Waals surface area contributed by atoms with Crippen LogP contribution in [0.1, 0.15) is 86.6 Å². The van der Waals surface area contributed by atoms with Gasteiger partial charge in [-0.15, -0.1) is 11.6 Å². The van der Waals surface area contributed by atoms with Gasteiger partial charge in [0.2, 0.25) is 0 Å². The average molecular weight is 1740 g/mol. The van der Waals surface area contributed by atoms with Crippen molar-refractivity contribution < 1.29 is 45.2 Å². The standard InChI is InChI=1S/C20H19N5O3.C20H21N5O.C15H12BrN3O2.C9H7BrN2O2.C7H7Cl.C5H8N2O.2Na.O4S2/c1-12-19(13(2)28-23-12)22-16-9-17-20(18(10-16)25(26)27)21-14(3)24(17)11-15-7-5-4-6-8-15;1-12-19(13(2)26-24-12)23-16-9-17(21)20-18(10-16)25(14(3)22-20)11-15-7-5-4-6-8-15;1-10-17-15-13(7-12(16)8-14(15)19(20)21)18(10)9-11-5-3-2-4-6-11;1-5-2-6-3-7(10)4-8(12(13)14)9(6)11-5;8-6-7-4-2-1-3-5-7;1-3-5(6)4(2)8-7-3;;;1-5(2)6(3)4/h4-10,22H,11H2,1-3H3;4-10,23H,11,21H2,1-3H3;2-8H,9H2,1H3;3-4H,2H2,1H3;1-5H,6H2;6H2,1-2H3;;;. The predicted octanol–water partition coefficient (Wildman–Crippen LogP) is 17.2. The summed E-state index contributed by atoms with van der Waals surface area (Å²) >= 11 is 15.0. The van der Waals surface area contributed by atoms with Crippen molar-refractivity contribution >= 4 is 201 Å². The number of non-ortho nitro benzene ring substituents is 2. The van der Waals surface area contributed by atoms with Crippen LogP contribution in [0.15, 0.2) is 197 Å². The summed E-state index contributed by atoms with van der Waals surface area (Å²) in [5.74, 6) is 5.09. The molecule has 0 radical (unpaired) electrons. The molecule has 0 amide bonds. The number of aryl methyl sites for hydroxylation is 9. The number of nitrogens with zero attached hydrogens (tertiary/aromatic N) is 13. The van der Waals surface area contributed by atoms with Crippen molar-refractivity contribution in [2.75, 3.05) is 22.1 Å². The summed E-state index contributed by atoms with van der Waals surface area (Å²) < 4.78 is 59.0. The molecule has 8 aromatic carbocycles. The third kappa shape index (κ3) is 23.7. The van der Waals surface area contributed by atoms with Crippen molar-refractivity contribution in [3.05, 3.63) is 289 Å². The first-order valence-corrected chi connectivity index (χ1v) is 47.4. The summed E-state index contributed by atoms with van der Waals surface area (Å²) in [7, 11) is -5.90. The Hall–Kier alpha value is -10.2. The number of anilines is 6. The minimum absolute atomic E-state index is 0.0225. The molecule has 576 valence electrons. The van der Waals surface area contributed by atoms with Gasteiger partial charge in [0, 0.05) is 76.2 Å². The van der Waals surface area contributed by atoms with Gasteiger partial charge in [0.05, 0.1) is 42.7 Å². The van der Waals surface area contributed by atoms with Crippen molar-refractivity contribution in [2.45, 2.75) is 101 Å². The Balaban J connectivity index is 0.000000174. The molecule has 0 saturated carbocycles. The molecule has 0 bridgehead atoms. The fourth-order valence-corrected chi connectivity index (χ4v) is 12.6. The van der Waals surface area contributed by atoms with E-state index in [1.807, 2.05) is 198 Å². The van der Waals surface area contributed by atoms with Crippen LogP contribution in [-0.2, 0) is 50.5 Å². The molecule has 37 heteroatoms. The SMILES string of the molecule is CC1=Nc2c(cc(Br)cc2[N+](=O)[O-])C1.Cc1nc2c([N+](=O)[O-])cc(Br)cc2n1Cc1ccccc1.Cc1noc(C)c1N.Cc1noc(C)c1Nc1cc(N)c2nc(C)n(Cc3ccccc3)c2c1.Cc1noc(C)c1Nc1cc([N+](=O)[O-])c2nc(C)n(Cc3ccccc3)c2c1.ClCc1ccccc1.O=S(=O)=S(=O)=O.[Na][Na]. The molecule has 7 heterocycles. The van der Waals surface area contributed by atoms with E-state index < -0.39 is 33.3 Å². The van der Waals surface area contributed by atoms with E-state index in [0.29, 0.717) is 92.1 Å². The van der Waals surface area contributed by atoms with Crippen LogP contribution in [-0.4, -0.2) is 125 Å². The molecule has 1 aliphatic heterocycles. The number of rotatable bonds is 14. The maximum atomic E-state index is 11.7. The van der Waals surface area contributed by atoms with E-state index in [-0.39, 0.29) is 17.1 Å². The van der Waals surface area contributed by atoms with E-state index in [2.05, 4.69) is 101 Å². The number of halogens is 3. The zero-order valence-corrected chi connectivity index (χ0v) is 73.0. The van der Waals surface area contributed by atoms with E-state index in [0.717, 1.165) is 96.0 Å². The number of fused-ring (bicyclic) bond motifs is 4. The molecule has 6 aromatic heterocycles. The van der Waals surface area contributed by atoms with Gasteiger partial charge in [-0.3, -0.25) is 35.3 Å². The number of imidazole rings is 3. The molecule has 14 aromatic rings. The second-order valence-electron chi connectivity index (χ2n) is 24.9. The van der Waals surface area contributed by atoms with Gasteiger partial charge in [0.15, 0.2) is 28.3 Å². The molecular weight excluding hydrogens is 1660 g/mol. The molecule has 0 unspecified atom stereocenters. The van der Waals surface area contributed by atoms with Crippen molar-refractivity contribution in [3.8, 4) is 0 Å². The van der Waals surface area contributed by atoms with Gasteiger partial charge in [-0.05, 0) is 127 Å². The number of hydrogen-bond donors (Lipinski definition) is 4. The van der Waals surface area contributed by atoms with Crippen LogP contribution in [0, 0.1) is 92.7 Å². The zero-order chi connectivity index (χ0) is 82.5. The van der Waals surface area contributed by atoms with Gasteiger partial charge in [-0.2, -0.15) is 16.8 Å². The summed E-state index contributed by atoms with van der Waals surface area (Å²) in [6.45, 7) is 20.5. The Labute approximate surface area is 700 Å². The van der Waals surface area contributed by atoms with Gasteiger partial charge >= 0.3 is 62.1 Å². The van der Waals surface area contributed by atoms with Gasteiger partial charge in [0.25, 0.3) is 17.1 Å². The van der Waals surface area contributed by atoms with E-state index in [1.54, 1.807) is 13.8 Å².